The van der Waals surface area contributed by atoms with Crippen molar-refractivity contribution in [3.63, 3.8) is 0 Å². The van der Waals surface area contributed by atoms with Crippen LogP contribution < -0.4 is 16.0 Å². The minimum Gasteiger partial charge on any atom is -0.444 e. The summed E-state index contributed by atoms with van der Waals surface area (Å²) in [7, 11) is 2.14. The van der Waals surface area contributed by atoms with Crippen molar-refractivity contribution in [2.45, 2.75) is 25.7 Å². The van der Waals surface area contributed by atoms with Crippen molar-refractivity contribution < 1.29 is 18.8 Å². The van der Waals surface area contributed by atoms with Crippen LogP contribution in [0.1, 0.15) is 60.7 Å². The number of hydrogen-bond acceptors (Lipinski definition) is 13. The zero-order valence-corrected chi connectivity index (χ0v) is 49.6. The van der Waals surface area contributed by atoms with Crippen LogP contribution in [0.5, 0.6) is 0 Å². The van der Waals surface area contributed by atoms with E-state index in [0.717, 1.165) is 85.8 Å². The number of aromatic nitrogens is 4. The van der Waals surface area contributed by atoms with Crippen LogP contribution in [0.15, 0.2) is 189 Å². The van der Waals surface area contributed by atoms with Gasteiger partial charge in [-0.1, -0.05) is 109 Å². The Kier molecular flexibility index (Phi) is 15.8. The summed E-state index contributed by atoms with van der Waals surface area (Å²) in [6.45, 7) is 5.02. The molecule has 0 bridgehead atoms. The molecule has 17 heteroatoms. The van der Waals surface area contributed by atoms with Crippen molar-refractivity contribution >= 4 is 83.1 Å². The van der Waals surface area contributed by atoms with Crippen LogP contribution in [0.3, 0.4) is 0 Å². The van der Waals surface area contributed by atoms with E-state index in [-0.39, 0.29) is 23.5 Å². The number of nitrogens with zero attached hydrogens (tertiary/aromatic N) is 6. The van der Waals surface area contributed by atoms with Gasteiger partial charge in [-0.05, 0) is 151 Å². The first-order valence-corrected chi connectivity index (χ1v) is 31.0. The minimum absolute atomic E-state index is 0.0410. The van der Waals surface area contributed by atoms with E-state index in [1.165, 1.54) is 101 Å². The largest absolute Gasteiger partial charge is 0.444 e. The van der Waals surface area contributed by atoms with Crippen molar-refractivity contribution in [2.24, 2.45) is 0 Å². The molecule has 84 heavy (non-hydrogen) atoms. The molecule has 0 atom stereocenters. The lowest BCUT2D eigenvalue weighted by Gasteiger charge is -2.32. The van der Waals surface area contributed by atoms with Gasteiger partial charge in [0.15, 0.2) is 25.8 Å². The van der Waals surface area contributed by atoms with Crippen LogP contribution in [0.25, 0.3) is 67.2 Å². The highest BCUT2D eigenvalue weighted by Crippen LogP contribution is 2.42. The van der Waals surface area contributed by atoms with Crippen molar-refractivity contribution in [1.82, 2.24) is 29.7 Å². The number of pyridine rings is 1. The third kappa shape index (κ3) is 12.1. The maximum absolute atomic E-state index is 12.4. The lowest BCUT2D eigenvalue weighted by molar-refractivity contribution is -0.116. The molecular weight excluding hydrogens is 1170 g/mol. The summed E-state index contributed by atoms with van der Waals surface area (Å²) in [4.78, 5) is 59.3. The van der Waals surface area contributed by atoms with E-state index < -0.39 is 0 Å². The first-order chi connectivity index (χ1) is 41.1. The maximum Gasteiger partial charge on any atom is 0.293 e. The van der Waals surface area contributed by atoms with Gasteiger partial charge in [-0.15, -0.1) is 34.0 Å². The molecule has 1 aliphatic heterocycles. The Hall–Kier alpha value is -8.55. The zero-order valence-electron chi connectivity index (χ0n) is 45.6. The molecule has 5 aromatic heterocycles. The van der Waals surface area contributed by atoms with Crippen LogP contribution in [0.4, 0.5) is 15.4 Å². The number of carbonyl (C=O) groups excluding carboxylic acids is 3. The van der Waals surface area contributed by atoms with Crippen molar-refractivity contribution in [1.29, 1.82) is 0 Å². The number of likely N-dealkylation sites (N-methyl/N-ethyl adjacent to an activating group) is 1. The molecule has 0 unspecified atom stereocenters. The minimum atomic E-state index is -0.314. The van der Waals surface area contributed by atoms with E-state index in [0.29, 0.717) is 32.0 Å². The number of halogens is 1. The number of benzene rings is 6. The van der Waals surface area contributed by atoms with Crippen molar-refractivity contribution in [3.05, 3.63) is 230 Å². The van der Waals surface area contributed by atoms with Crippen molar-refractivity contribution in [3.8, 4) is 67.2 Å². The maximum atomic E-state index is 12.4. The van der Waals surface area contributed by atoms with Crippen LogP contribution in [-0.4, -0.2) is 87.2 Å². The first kappa shape index (κ1) is 54.7. The van der Waals surface area contributed by atoms with Gasteiger partial charge in [-0.3, -0.25) is 30.0 Å². The van der Waals surface area contributed by atoms with Gasteiger partial charge in [0.05, 0.1) is 22.6 Å². The lowest BCUT2D eigenvalue weighted by atomic mass is 10.0. The number of thiazole rings is 3. The highest BCUT2D eigenvalue weighted by Gasteiger charge is 2.23. The molecule has 1 saturated heterocycles. The van der Waals surface area contributed by atoms with Gasteiger partial charge < -0.3 is 19.5 Å². The molecule has 0 radical (unpaired) electrons. The van der Waals surface area contributed by atoms with E-state index >= 15 is 0 Å². The van der Waals surface area contributed by atoms with Crippen LogP contribution in [0, 0.1) is 0 Å². The van der Waals surface area contributed by atoms with E-state index in [1.807, 2.05) is 16.1 Å². The van der Waals surface area contributed by atoms with Gasteiger partial charge in [0.25, 0.3) is 11.8 Å². The quantitative estimate of drug-likeness (QED) is 0.114. The standard InChI is InChI=1S/C24H26N4OS.C22H15N3OS.C21H13BrN2O2S/c1-27-10-12-28(13-11-27)9-8-23(29)26-24-25-22(16-30-24)18-6-7-21-19(15-18)14-17-4-2-3-5-20(17)21;26-21(16-5-3-9-23-12-16)25-22-24-20(13-27-22)15-7-8-19-17(11-15)10-14-4-1-2-6-18(14)19;22-19-8-7-18(26-19)20(25)24-21-23-17(11-27-21)13-5-6-16-14(10-13)9-12-3-1-2-4-15(12)16/h2-7,15-16H,8-14H2,1H3,(H,25,26,29);1-9,11-13H,10H2,(H,24,25,26);1-8,10-11H,9H2,(H,23,24,25). The Bertz CT molecular complexity index is 4260. The molecule has 15 rings (SSSR count). The normalized spacial score (nSPS) is 13.4. The molecule has 3 aliphatic carbocycles. The summed E-state index contributed by atoms with van der Waals surface area (Å²) in [5.41, 5.74) is 22.4. The lowest BCUT2D eigenvalue weighted by Crippen LogP contribution is -2.45. The average molecular weight is 1230 g/mol. The monoisotopic (exact) mass is 1220 g/mol. The summed E-state index contributed by atoms with van der Waals surface area (Å²) in [6.07, 6.45) is 6.57. The molecule has 3 amide bonds. The van der Waals surface area contributed by atoms with E-state index in [9.17, 15) is 14.4 Å². The van der Waals surface area contributed by atoms with Gasteiger partial charge in [0.1, 0.15) is 0 Å². The molecule has 11 aromatic rings. The van der Waals surface area contributed by atoms with Gasteiger partial charge in [-0.25, -0.2) is 15.0 Å². The Labute approximate surface area is 506 Å². The Balaban J connectivity index is 0.000000118. The van der Waals surface area contributed by atoms with Crippen LogP contribution in [-0.2, 0) is 24.1 Å². The molecule has 416 valence electrons. The smallest absolute Gasteiger partial charge is 0.293 e. The summed E-state index contributed by atoms with van der Waals surface area (Å²) < 4.78 is 5.79. The van der Waals surface area contributed by atoms with E-state index in [1.54, 1.807) is 36.7 Å². The van der Waals surface area contributed by atoms with Gasteiger partial charge in [0, 0.05) is 84.4 Å². The summed E-state index contributed by atoms with van der Waals surface area (Å²) in [5.74, 6) is -0.229. The Morgan fingerprint density at radius 1 is 0.512 bits per heavy atom. The average Bonchev–Trinajstić information content (AvgIpc) is 4.40. The molecule has 3 N–H and O–H groups in total. The zero-order chi connectivity index (χ0) is 57.1. The highest BCUT2D eigenvalue weighted by atomic mass is 79.9. The summed E-state index contributed by atoms with van der Waals surface area (Å²) in [5, 5.41) is 16.4. The number of piperazine rings is 1. The predicted molar refractivity (Wildman–Crippen MR) is 341 cm³/mol. The number of hydrogen-bond donors (Lipinski definition) is 3. The molecule has 4 aliphatic rings. The van der Waals surface area contributed by atoms with Gasteiger partial charge in [0.2, 0.25) is 5.91 Å². The molecule has 1 fully saturated rings. The number of amides is 3. The Morgan fingerprint density at radius 2 is 0.964 bits per heavy atom. The summed E-state index contributed by atoms with van der Waals surface area (Å²) >= 11 is 7.51. The Morgan fingerprint density at radius 3 is 1.42 bits per heavy atom. The topological polar surface area (TPSA) is 158 Å². The molecule has 0 spiro atoms. The van der Waals surface area contributed by atoms with E-state index in [2.05, 4.69) is 196 Å². The fourth-order valence-corrected chi connectivity index (χ4v) is 13.6. The first-order valence-electron chi connectivity index (χ1n) is 27.6. The number of fused-ring (bicyclic) bond motifs is 9. The van der Waals surface area contributed by atoms with Gasteiger partial charge >= 0.3 is 0 Å². The predicted octanol–water partition coefficient (Wildman–Crippen LogP) is 15.0. The van der Waals surface area contributed by atoms with Crippen LogP contribution >= 0.6 is 49.9 Å². The molecular formula is C67H54BrN9O4S3. The summed E-state index contributed by atoms with van der Waals surface area (Å²) in [6, 6.07) is 51.9. The number of rotatable bonds is 11. The number of nitrogens with one attached hydrogen (secondary N) is 3. The third-order valence-electron chi connectivity index (χ3n) is 15.4. The number of anilines is 3. The van der Waals surface area contributed by atoms with Gasteiger partial charge in [-0.2, -0.15) is 0 Å². The van der Waals surface area contributed by atoms with E-state index in [4.69, 9.17) is 4.42 Å². The fourth-order valence-electron chi connectivity index (χ4n) is 11.1. The fraction of sp³-hybridized carbons (Fsp3) is 0.149. The molecule has 6 heterocycles. The second-order valence-electron chi connectivity index (χ2n) is 20.9. The molecule has 13 nitrogen and oxygen atoms in total. The second-order valence-corrected chi connectivity index (χ2v) is 24.3. The number of carbonyl (C=O) groups is 3. The SMILES string of the molecule is CN1CCN(CCC(=O)Nc2nc(-c3ccc4c(c3)Cc3ccccc3-4)cs2)CC1.O=C(Nc1nc(-c2ccc3c(c2)Cc2ccccc2-3)cs1)c1ccc(Br)o1.O=C(Nc1nc(-c2ccc3c(c2)Cc2ccccc2-3)cs1)c1cccnc1. The van der Waals surface area contributed by atoms with Crippen molar-refractivity contribution in [2.75, 3.05) is 55.7 Å². The molecule has 6 aromatic carbocycles. The number of furan rings is 1. The third-order valence-corrected chi connectivity index (χ3v) is 18.1. The van der Waals surface area contributed by atoms with Crippen LogP contribution in [0.2, 0.25) is 0 Å². The molecule has 0 saturated carbocycles. The highest BCUT2D eigenvalue weighted by molar-refractivity contribution is 9.10. The second kappa shape index (κ2) is 24.3.